The van der Waals surface area contributed by atoms with Crippen LogP contribution in [0.25, 0.3) is 0 Å². The van der Waals surface area contributed by atoms with Gasteiger partial charge in [-0.3, -0.25) is 0 Å². The molecule has 1 N–H and O–H groups in total. The van der Waals surface area contributed by atoms with Crippen LogP contribution in [0, 0.1) is 11.8 Å². The van der Waals surface area contributed by atoms with Gasteiger partial charge >= 0.3 is 0 Å². The van der Waals surface area contributed by atoms with Gasteiger partial charge in [0.05, 0.1) is 12.2 Å². The number of hydrogen-bond donors (Lipinski definition) is 1. The van der Waals surface area contributed by atoms with E-state index in [1.54, 1.807) is 0 Å². The topological polar surface area (TPSA) is 21.3 Å². The number of benzene rings is 1. The van der Waals surface area contributed by atoms with Gasteiger partial charge in [0.25, 0.3) is 0 Å². The van der Waals surface area contributed by atoms with Crippen molar-refractivity contribution in [2.45, 2.75) is 45.3 Å². The molecule has 2 heteroatoms. The third kappa shape index (κ3) is 3.37. The summed E-state index contributed by atoms with van der Waals surface area (Å²) in [6, 6.07) is 9.03. The van der Waals surface area contributed by atoms with E-state index < -0.39 is 0 Å². The molecular weight excluding hydrogens is 234 g/mol. The van der Waals surface area contributed by atoms with Crippen molar-refractivity contribution in [1.29, 1.82) is 0 Å². The highest BCUT2D eigenvalue weighted by atomic mass is 16.5. The maximum atomic E-state index is 6.25. The molecule has 0 bridgehead atoms. The molecule has 1 aliphatic carbocycles. The van der Waals surface area contributed by atoms with Gasteiger partial charge < -0.3 is 10.1 Å². The van der Waals surface area contributed by atoms with Gasteiger partial charge in [-0.25, -0.2) is 0 Å². The van der Waals surface area contributed by atoms with Crippen molar-refractivity contribution in [3.63, 3.8) is 0 Å². The fourth-order valence-corrected chi connectivity index (χ4v) is 2.95. The molecule has 1 saturated carbocycles. The predicted molar refractivity (Wildman–Crippen MR) is 78.2 cm³/mol. The number of morpholine rings is 1. The van der Waals surface area contributed by atoms with Crippen LogP contribution in [-0.2, 0) is 11.2 Å². The van der Waals surface area contributed by atoms with Crippen molar-refractivity contribution in [3.8, 4) is 0 Å². The zero-order valence-corrected chi connectivity index (χ0v) is 12.1. The van der Waals surface area contributed by atoms with Crippen molar-refractivity contribution in [2.24, 2.45) is 11.8 Å². The quantitative estimate of drug-likeness (QED) is 0.895. The predicted octanol–water partition coefficient (Wildman–Crippen LogP) is 3.32. The van der Waals surface area contributed by atoms with Crippen LogP contribution in [0.2, 0.25) is 0 Å². The molecule has 1 aliphatic heterocycles. The van der Waals surface area contributed by atoms with Crippen molar-refractivity contribution in [2.75, 3.05) is 13.1 Å². The van der Waals surface area contributed by atoms with Crippen LogP contribution in [0.5, 0.6) is 0 Å². The molecule has 0 amide bonds. The largest absolute Gasteiger partial charge is 0.367 e. The summed E-state index contributed by atoms with van der Waals surface area (Å²) in [7, 11) is 0. The molecule has 2 nitrogen and oxygen atoms in total. The van der Waals surface area contributed by atoms with Gasteiger partial charge in [0.2, 0.25) is 0 Å². The number of hydrogen-bond acceptors (Lipinski definition) is 2. The molecule has 1 heterocycles. The molecule has 104 valence electrons. The zero-order chi connectivity index (χ0) is 13.2. The summed E-state index contributed by atoms with van der Waals surface area (Å²) in [6.45, 7) is 6.52. The third-order valence-electron chi connectivity index (χ3n) is 4.16. The van der Waals surface area contributed by atoms with Crippen LogP contribution >= 0.6 is 0 Å². The van der Waals surface area contributed by atoms with E-state index in [0.717, 1.165) is 31.3 Å². The first-order valence-electron chi connectivity index (χ1n) is 7.67. The lowest BCUT2D eigenvalue weighted by Gasteiger charge is -2.31. The van der Waals surface area contributed by atoms with Crippen LogP contribution in [-0.4, -0.2) is 19.2 Å². The van der Waals surface area contributed by atoms with E-state index in [1.165, 1.54) is 24.0 Å². The van der Waals surface area contributed by atoms with Crippen LogP contribution in [0.4, 0.5) is 0 Å². The van der Waals surface area contributed by atoms with Crippen LogP contribution in [0.3, 0.4) is 0 Å². The van der Waals surface area contributed by atoms with Gasteiger partial charge in [-0.1, -0.05) is 38.1 Å². The minimum absolute atomic E-state index is 0.243. The lowest BCUT2D eigenvalue weighted by atomic mass is 9.99. The van der Waals surface area contributed by atoms with Gasteiger partial charge in [-0.15, -0.1) is 0 Å². The molecule has 19 heavy (non-hydrogen) atoms. The standard InChI is InChI=1S/C17H25NO/c1-12(2)9-13-3-5-14(6-4-13)16-10-18-11-17(19-16)15-7-8-15/h3-6,12,15-18H,7-11H2,1-2H3. The highest BCUT2D eigenvalue weighted by molar-refractivity contribution is 5.25. The fraction of sp³-hybridized carbons (Fsp3) is 0.647. The van der Waals surface area contributed by atoms with Gasteiger partial charge in [-0.2, -0.15) is 0 Å². The molecule has 1 aromatic carbocycles. The monoisotopic (exact) mass is 259 g/mol. The Bertz CT molecular complexity index is 408. The van der Waals surface area contributed by atoms with E-state index in [1.807, 2.05) is 0 Å². The molecule has 2 fully saturated rings. The molecule has 1 saturated heterocycles. The average Bonchev–Trinajstić information content (AvgIpc) is 3.23. The molecule has 0 spiro atoms. The first kappa shape index (κ1) is 13.1. The Morgan fingerprint density at radius 2 is 1.89 bits per heavy atom. The first-order chi connectivity index (χ1) is 9.22. The number of rotatable bonds is 4. The zero-order valence-electron chi connectivity index (χ0n) is 12.1. The summed E-state index contributed by atoms with van der Waals surface area (Å²) in [4.78, 5) is 0. The molecule has 0 radical (unpaired) electrons. The van der Waals surface area contributed by atoms with Crippen molar-refractivity contribution < 1.29 is 4.74 Å². The Balaban J connectivity index is 1.64. The van der Waals surface area contributed by atoms with E-state index in [2.05, 4.69) is 43.4 Å². The van der Waals surface area contributed by atoms with Crippen LogP contribution in [0.1, 0.15) is 43.9 Å². The highest BCUT2D eigenvalue weighted by Crippen LogP contribution is 2.37. The molecule has 3 rings (SSSR count). The molecule has 0 aromatic heterocycles. The van der Waals surface area contributed by atoms with Gasteiger partial charge in [0.1, 0.15) is 0 Å². The summed E-state index contributed by atoms with van der Waals surface area (Å²) in [5, 5.41) is 3.53. The minimum atomic E-state index is 0.243. The summed E-state index contributed by atoms with van der Waals surface area (Å²) in [5.41, 5.74) is 2.76. The van der Waals surface area contributed by atoms with Crippen molar-refractivity contribution in [3.05, 3.63) is 35.4 Å². The van der Waals surface area contributed by atoms with Gasteiger partial charge in [0.15, 0.2) is 0 Å². The van der Waals surface area contributed by atoms with Crippen LogP contribution < -0.4 is 5.32 Å². The molecule has 1 aromatic rings. The third-order valence-corrected chi connectivity index (χ3v) is 4.16. The van der Waals surface area contributed by atoms with E-state index in [0.29, 0.717) is 6.10 Å². The first-order valence-corrected chi connectivity index (χ1v) is 7.67. The SMILES string of the molecule is CC(C)Cc1ccc(C2CNCC(C3CC3)O2)cc1. The Labute approximate surface area is 116 Å². The average molecular weight is 259 g/mol. The van der Waals surface area contributed by atoms with E-state index in [9.17, 15) is 0 Å². The van der Waals surface area contributed by atoms with Crippen molar-refractivity contribution in [1.82, 2.24) is 5.32 Å². The lowest BCUT2D eigenvalue weighted by molar-refractivity contribution is -0.0493. The summed E-state index contributed by atoms with van der Waals surface area (Å²) >= 11 is 0. The van der Waals surface area contributed by atoms with E-state index >= 15 is 0 Å². The van der Waals surface area contributed by atoms with Gasteiger partial charge in [0, 0.05) is 13.1 Å². The Morgan fingerprint density at radius 1 is 1.16 bits per heavy atom. The molecule has 2 atom stereocenters. The minimum Gasteiger partial charge on any atom is -0.367 e. The Kier molecular flexibility index (Phi) is 3.90. The summed E-state index contributed by atoms with van der Waals surface area (Å²) in [5.74, 6) is 1.54. The molecular formula is C17H25NO. The van der Waals surface area contributed by atoms with Gasteiger partial charge in [-0.05, 0) is 42.2 Å². The molecule has 2 unspecified atom stereocenters. The number of ether oxygens (including phenoxy) is 1. The van der Waals surface area contributed by atoms with Crippen molar-refractivity contribution >= 4 is 0 Å². The summed E-state index contributed by atoms with van der Waals surface area (Å²) in [6.07, 6.45) is 4.55. The maximum Gasteiger partial charge on any atom is 0.0953 e. The number of nitrogens with one attached hydrogen (secondary N) is 1. The maximum absolute atomic E-state index is 6.25. The normalized spacial score (nSPS) is 27.7. The Morgan fingerprint density at radius 3 is 2.53 bits per heavy atom. The fourth-order valence-electron chi connectivity index (χ4n) is 2.95. The smallest absolute Gasteiger partial charge is 0.0953 e. The second-order valence-electron chi connectivity index (χ2n) is 6.50. The summed E-state index contributed by atoms with van der Waals surface area (Å²) < 4.78 is 6.25. The Hall–Kier alpha value is -0.860. The van der Waals surface area contributed by atoms with E-state index in [4.69, 9.17) is 4.74 Å². The van der Waals surface area contributed by atoms with E-state index in [-0.39, 0.29) is 6.10 Å². The highest BCUT2D eigenvalue weighted by Gasteiger charge is 2.35. The second-order valence-corrected chi connectivity index (χ2v) is 6.50. The lowest BCUT2D eigenvalue weighted by Crippen LogP contribution is -2.41. The second kappa shape index (κ2) is 5.64. The molecule has 2 aliphatic rings. The van der Waals surface area contributed by atoms with Crippen LogP contribution in [0.15, 0.2) is 24.3 Å².